The molecule has 0 aliphatic carbocycles. The Morgan fingerprint density at radius 2 is 1.57 bits per heavy atom. The number of hydrogen-bond donors (Lipinski definition) is 0. The predicted octanol–water partition coefficient (Wildman–Crippen LogP) is 6.80. The van der Waals surface area contributed by atoms with E-state index in [1.54, 1.807) is 42.5 Å². The number of sulfonamides is 1. The molecule has 0 aromatic heterocycles. The zero-order valence-corrected chi connectivity index (χ0v) is 20.9. The van der Waals surface area contributed by atoms with Crippen LogP contribution >= 0.6 is 34.8 Å². The van der Waals surface area contributed by atoms with Crippen LogP contribution in [-0.4, -0.2) is 38.7 Å². The van der Waals surface area contributed by atoms with Gasteiger partial charge in [-0.2, -0.15) is 4.31 Å². The van der Waals surface area contributed by atoms with Crippen LogP contribution in [0.15, 0.2) is 71.6 Å². The van der Waals surface area contributed by atoms with Gasteiger partial charge in [0.25, 0.3) is 0 Å². The molecule has 0 bridgehead atoms. The van der Waals surface area contributed by atoms with Gasteiger partial charge in [0.05, 0.1) is 21.6 Å². The molecule has 0 N–H and O–H groups in total. The summed E-state index contributed by atoms with van der Waals surface area (Å²) in [4.78, 5) is 1.67. The maximum atomic E-state index is 13.4. The fourth-order valence-electron chi connectivity index (χ4n) is 3.93. The summed E-state index contributed by atoms with van der Waals surface area (Å²) in [5.41, 5.74) is 1.46. The van der Waals surface area contributed by atoms with Crippen LogP contribution < -0.4 is 9.64 Å². The first-order valence-corrected chi connectivity index (χ1v) is 12.8. The number of anilines is 1. The van der Waals surface area contributed by atoms with E-state index in [2.05, 4.69) is 4.74 Å². The third kappa shape index (κ3) is 5.98. The second-order valence-electron chi connectivity index (χ2n) is 7.74. The molecular formula is C23H18Cl3F3N2O3S. The molecule has 0 spiro atoms. The molecule has 0 amide bonds. The molecule has 1 atom stereocenters. The lowest BCUT2D eigenvalue weighted by Gasteiger charge is -2.42. The summed E-state index contributed by atoms with van der Waals surface area (Å²) in [6, 6.07) is 15.9. The lowest BCUT2D eigenvalue weighted by Crippen LogP contribution is -2.50. The maximum absolute atomic E-state index is 13.4. The molecule has 1 aliphatic heterocycles. The van der Waals surface area contributed by atoms with E-state index in [4.69, 9.17) is 34.8 Å². The summed E-state index contributed by atoms with van der Waals surface area (Å²) in [6.07, 6.45) is -4.94. The molecular weight excluding hydrogens is 548 g/mol. The van der Waals surface area contributed by atoms with Gasteiger partial charge in [0, 0.05) is 35.7 Å². The van der Waals surface area contributed by atoms with Crippen LogP contribution in [0.4, 0.5) is 18.9 Å². The number of nitrogens with zero attached hydrogens (tertiary/aromatic N) is 2. The summed E-state index contributed by atoms with van der Waals surface area (Å²) in [5.74, 6) is -0.612. The summed E-state index contributed by atoms with van der Waals surface area (Å²) in [7, 11) is -4.13. The Bertz CT molecular complexity index is 1320. The first kappa shape index (κ1) is 25.9. The largest absolute Gasteiger partial charge is 0.573 e. The van der Waals surface area contributed by atoms with Crippen LogP contribution in [0.3, 0.4) is 0 Å². The molecule has 1 unspecified atom stereocenters. The van der Waals surface area contributed by atoms with E-state index >= 15 is 0 Å². The van der Waals surface area contributed by atoms with Crippen molar-refractivity contribution in [2.75, 3.05) is 24.5 Å². The topological polar surface area (TPSA) is 49.9 Å². The van der Waals surface area contributed by atoms with Gasteiger partial charge >= 0.3 is 6.36 Å². The zero-order valence-electron chi connectivity index (χ0n) is 17.8. The Morgan fingerprint density at radius 1 is 0.886 bits per heavy atom. The van der Waals surface area contributed by atoms with Gasteiger partial charge in [0.1, 0.15) is 5.75 Å². The highest BCUT2D eigenvalue weighted by Crippen LogP contribution is 2.38. The first-order valence-electron chi connectivity index (χ1n) is 10.3. The Morgan fingerprint density at radius 3 is 2.23 bits per heavy atom. The summed E-state index contributed by atoms with van der Waals surface area (Å²) in [5, 5.41) is 1.39. The van der Waals surface area contributed by atoms with Crippen molar-refractivity contribution in [3.05, 3.63) is 87.4 Å². The third-order valence-electron chi connectivity index (χ3n) is 5.49. The van der Waals surface area contributed by atoms with Crippen LogP contribution in [0.1, 0.15) is 11.6 Å². The van der Waals surface area contributed by atoms with E-state index in [9.17, 15) is 21.6 Å². The van der Waals surface area contributed by atoms with Crippen LogP contribution in [0.2, 0.25) is 15.1 Å². The number of halogens is 6. The van der Waals surface area contributed by atoms with Gasteiger partial charge in [0.2, 0.25) is 10.0 Å². The second kappa shape index (κ2) is 10.1. The average Bonchev–Trinajstić information content (AvgIpc) is 2.78. The van der Waals surface area contributed by atoms with Gasteiger partial charge in [0.15, 0.2) is 0 Å². The van der Waals surface area contributed by atoms with E-state index in [1.165, 1.54) is 16.4 Å². The predicted molar refractivity (Wildman–Crippen MR) is 130 cm³/mol. The molecule has 1 fully saturated rings. The Kier molecular flexibility index (Phi) is 7.45. The SMILES string of the molecule is O=S(=O)(c1cccc(OC(F)(F)F)c1)N1CCN(c2ccc(Cl)cc2Cl)C(c2ccc(Cl)cc2)C1. The van der Waals surface area contributed by atoms with Crippen molar-refractivity contribution in [3.63, 3.8) is 0 Å². The van der Waals surface area contributed by atoms with Crippen molar-refractivity contribution < 1.29 is 26.3 Å². The Hall–Kier alpha value is -2.17. The van der Waals surface area contributed by atoms with Gasteiger partial charge in [-0.05, 0) is 48.0 Å². The van der Waals surface area contributed by atoms with Crippen molar-refractivity contribution in [1.82, 2.24) is 4.31 Å². The highest BCUT2D eigenvalue weighted by molar-refractivity contribution is 7.89. The normalized spacial score (nSPS) is 17.4. The average molecular weight is 566 g/mol. The fraction of sp³-hybridized carbons (Fsp3) is 0.217. The standard InChI is InChI=1S/C23H18Cl3F3N2O3S/c24-16-6-4-15(5-7-16)22-14-30(10-11-31(22)21-9-8-17(25)12-20(21)26)35(32,33)19-3-1-2-18(13-19)34-23(27,28)29/h1-9,12-13,22H,10-11,14H2. The third-order valence-corrected chi connectivity index (χ3v) is 8.14. The highest BCUT2D eigenvalue weighted by atomic mass is 35.5. The van der Waals surface area contributed by atoms with E-state index in [1.807, 2.05) is 4.90 Å². The van der Waals surface area contributed by atoms with Crippen LogP contribution in [0.5, 0.6) is 5.75 Å². The van der Waals surface area contributed by atoms with Gasteiger partial charge in [-0.1, -0.05) is 53.0 Å². The molecule has 1 aliphatic rings. The second-order valence-corrected chi connectivity index (χ2v) is 11.0. The Balaban J connectivity index is 1.68. The number of ether oxygens (including phenoxy) is 1. The molecule has 4 rings (SSSR count). The van der Waals surface area contributed by atoms with Gasteiger partial charge in [-0.25, -0.2) is 8.42 Å². The zero-order chi connectivity index (χ0) is 25.4. The van der Waals surface area contributed by atoms with E-state index < -0.39 is 28.2 Å². The van der Waals surface area contributed by atoms with Gasteiger partial charge < -0.3 is 9.64 Å². The van der Waals surface area contributed by atoms with Crippen LogP contribution in [-0.2, 0) is 10.0 Å². The smallest absolute Gasteiger partial charge is 0.406 e. The molecule has 0 saturated carbocycles. The molecule has 5 nitrogen and oxygen atoms in total. The minimum absolute atomic E-state index is 0.0211. The number of benzene rings is 3. The molecule has 1 saturated heterocycles. The summed E-state index contributed by atoms with van der Waals surface area (Å²) < 4.78 is 69.8. The van der Waals surface area contributed by atoms with Gasteiger partial charge in [-0.3, -0.25) is 0 Å². The van der Waals surface area contributed by atoms with E-state index in [0.29, 0.717) is 20.8 Å². The fourth-order valence-corrected chi connectivity index (χ4v) is 6.05. The van der Waals surface area contributed by atoms with E-state index in [0.717, 1.165) is 17.7 Å². The lowest BCUT2D eigenvalue weighted by molar-refractivity contribution is -0.274. The monoisotopic (exact) mass is 564 g/mol. The number of rotatable bonds is 5. The van der Waals surface area contributed by atoms with E-state index in [-0.39, 0.29) is 24.5 Å². The van der Waals surface area contributed by atoms with Crippen LogP contribution in [0, 0.1) is 0 Å². The summed E-state index contributed by atoms with van der Waals surface area (Å²) >= 11 is 18.5. The van der Waals surface area contributed by atoms with Crippen LogP contribution in [0.25, 0.3) is 0 Å². The quantitative estimate of drug-likeness (QED) is 0.342. The molecule has 3 aromatic rings. The van der Waals surface area contributed by atoms with Crippen molar-refractivity contribution in [1.29, 1.82) is 0 Å². The van der Waals surface area contributed by atoms with Crippen molar-refractivity contribution in [2.45, 2.75) is 17.3 Å². The minimum Gasteiger partial charge on any atom is -0.406 e. The van der Waals surface area contributed by atoms with Crippen molar-refractivity contribution >= 4 is 50.5 Å². The van der Waals surface area contributed by atoms with Gasteiger partial charge in [-0.15, -0.1) is 13.2 Å². The molecule has 1 heterocycles. The minimum atomic E-state index is -4.94. The molecule has 35 heavy (non-hydrogen) atoms. The number of alkyl halides is 3. The molecule has 186 valence electrons. The Labute approximate surface area is 215 Å². The maximum Gasteiger partial charge on any atom is 0.573 e. The highest BCUT2D eigenvalue weighted by Gasteiger charge is 2.37. The molecule has 0 radical (unpaired) electrons. The first-order chi connectivity index (χ1) is 16.4. The molecule has 3 aromatic carbocycles. The van der Waals surface area contributed by atoms with Crippen molar-refractivity contribution in [2.24, 2.45) is 0 Å². The number of hydrogen-bond acceptors (Lipinski definition) is 4. The lowest BCUT2D eigenvalue weighted by atomic mass is 10.0. The number of piperazine rings is 1. The molecule has 12 heteroatoms. The summed E-state index contributed by atoms with van der Waals surface area (Å²) in [6.45, 7) is 0.371. The van der Waals surface area contributed by atoms with Crippen molar-refractivity contribution in [3.8, 4) is 5.75 Å².